The Morgan fingerprint density at radius 2 is 1.61 bits per heavy atom. The van der Waals surface area contributed by atoms with Crippen LogP contribution in [-0.2, 0) is 6.54 Å². The highest BCUT2D eigenvalue weighted by Crippen LogP contribution is 2.33. The normalized spacial score (nSPS) is 10.9. The van der Waals surface area contributed by atoms with E-state index in [9.17, 15) is 0 Å². The van der Waals surface area contributed by atoms with Crippen LogP contribution in [-0.4, -0.2) is 16.7 Å². The highest BCUT2D eigenvalue weighted by atomic mass is 35.5. The first-order valence-electron chi connectivity index (χ1n) is 10.2. The first-order chi connectivity index (χ1) is 14.7. The molecule has 0 amide bonds. The molecular weight excluding hydrogens is 404 g/mol. The number of halogens is 1. The standard InChI is InChI=1S/C27H24N2O.ClH/c1-18-19(2)29(17-20-8-9-21-6-4-5-7-23(21)16-20)27-25(18)14-15-28-26(27)22-10-12-24(30-3)13-11-22;/h4-16H,17H2,1-3H3;1H. The molecule has 3 nitrogen and oxygen atoms in total. The molecule has 0 fully saturated rings. The Hall–Kier alpha value is -3.30. The van der Waals surface area contributed by atoms with E-state index in [-0.39, 0.29) is 12.4 Å². The van der Waals surface area contributed by atoms with E-state index in [0.29, 0.717) is 0 Å². The van der Waals surface area contributed by atoms with Crippen LogP contribution in [0.25, 0.3) is 32.9 Å². The summed E-state index contributed by atoms with van der Waals surface area (Å²) in [6, 6.07) is 25.5. The zero-order chi connectivity index (χ0) is 20.7. The summed E-state index contributed by atoms with van der Waals surface area (Å²) < 4.78 is 7.73. The van der Waals surface area contributed by atoms with Gasteiger partial charge in [-0.3, -0.25) is 4.98 Å². The van der Waals surface area contributed by atoms with Crippen molar-refractivity contribution >= 4 is 34.1 Å². The fourth-order valence-corrected chi connectivity index (χ4v) is 4.27. The fourth-order valence-electron chi connectivity index (χ4n) is 4.27. The van der Waals surface area contributed by atoms with Crippen LogP contribution >= 0.6 is 12.4 Å². The molecule has 3 aromatic carbocycles. The van der Waals surface area contributed by atoms with Gasteiger partial charge >= 0.3 is 0 Å². The van der Waals surface area contributed by atoms with Crippen LogP contribution in [0, 0.1) is 13.8 Å². The summed E-state index contributed by atoms with van der Waals surface area (Å²) >= 11 is 0. The smallest absolute Gasteiger partial charge is 0.118 e. The first kappa shape index (κ1) is 21.0. The van der Waals surface area contributed by atoms with Crippen LogP contribution in [0.2, 0.25) is 0 Å². The minimum atomic E-state index is 0. The van der Waals surface area contributed by atoms with Crippen LogP contribution in [0.4, 0.5) is 0 Å². The molecule has 0 unspecified atom stereocenters. The van der Waals surface area contributed by atoms with Gasteiger partial charge in [-0.2, -0.15) is 0 Å². The summed E-state index contributed by atoms with van der Waals surface area (Å²) in [5.74, 6) is 0.852. The number of nitrogens with zero attached hydrogens (tertiary/aromatic N) is 2. The average Bonchev–Trinajstić information content (AvgIpc) is 3.04. The predicted octanol–water partition coefficient (Wildman–Crippen LogP) is 6.95. The number of aromatic nitrogens is 2. The minimum absolute atomic E-state index is 0. The maximum Gasteiger partial charge on any atom is 0.118 e. The van der Waals surface area contributed by atoms with Crippen molar-refractivity contribution in [3.63, 3.8) is 0 Å². The summed E-state index contributed by atoms with van der Waals surface area (Å²) in [5, 5.41) is 3.80. The van der Waals surface area contributed by atoms with Crippen molar-refractivity contribution in [2.24, 2.45) is 0 Å². The summed E-state index contributed by atoms with van der Waals surface area (Å²) in [7, 11) is 1.69. The lowest BCUT2D eigenvalue weighted by molar-refractivity contribution is 0.415. The number of pyridine rings is 1. The van der Waals surface area contributed by atoms with Crippen molar-refractivity contribution in [3.05, 3.63) is 95.8 Å². The number of fused-ring (bicyclic) bond motifs is 2. The number of hydrogen-bond donors (Lipinski definition) is 0. The molecule has 2 heterocycles. The Labute approximate surface area is 188 Å². The van der Waals surface area contributed by atoms with Crippen LogP contribution in [0.1, 0.15) is 16.8 Å². The lowest BCUT2D eigenvalue weighted by Gasteiger charge is -2.13. The monoisotopic (exact) mass is 428 g/mol. The Kier molecular flexibility index (Phi) is 5.71. The minimum Gasteiger partial charge on any atom is -0.497 e. The van der Waals surface area contributed by atoms with Gasteiger partial charge in [-0.05, 0) is 72.1 Å². The quantitative estimate of drug-likeness (QED) is 0.309. The van der Waals surface area contributed by atoms with Gasteiger partial charge in [0.15, 0.2) is 0 Å². The molecule has 0 aliphatic carbocycles. The molecule has 0 atom stereocenters. The second-order valence-corrected chi connectivity index (χ2v) is 7.76. The number of hydrogen-bond acceptors (Lipinski definition) is 2. The molecule has 0 saturated carbocycles. The molecule has 0 spiro atoms. The maximum atomic E-state index is 5.33. The highest BCUT2D eigenvalue weighted by molar-refractivity contribution is 5.95. The van der Waals surface area contributed by atoms with Crippen molar-refractivity contribution in [3.8, 4) is 17.0 Å². The lowest BCUT2D eigenvalue weighted by Crippen LogP contribution is -2.03. The zero-order valence-electron chi connectivity index (χ0n) is 17.9. The van der Waals surface area contributed by atoms with E-state index >= 15 is 0 Å². The molecule has 156 valence electrons. The van der Waals surface area contributed by atoms with Gasteiger partial charge in [0.1, 0.15) is 5.75 Å². The van der Waals surface area contributed by atoms with Gasteiger partial charge in [0, 0.05) is 29.4 Å². The molecule has 0 aliphatic rings. The van der Waals surface area contributed by atoms with E-state index in [2.05, 4.69) is 79.1 Å². The van der Waals surface area contributed by atoms with Gasteiger partial charge in [0.05, 0.1) is 18.3 Å². The largest absolute Gasteiger partial charge is 0.497 e. The molecule has 31 heavy (non-hydrogen) atoms. The SMILES string of the molecule is COc1ccc(-c2nccc3c(C)c(C)n(Cc4ccc5ccccc5c4)c23)cc1.Cl. The van der Waals surface area contributed by atoms with Crippen LogP contribution in [0.3, 0.4) is 0 Å². The summed E-state index contributed by atoms with van der Waals surface area (Å²) in [6.07, 6.45) is 1.91. The average molecular weight is 429 g/mol. The van der Waals surface area contributed by atoms with Gasteiger partial charge in [0.25, 0.3) is 0 Å². The molecule has 5 aromatic rings. The van der Waals surface area contributed by atoms with E-state index < -0.39 is 0 Å². The van der Waals surface area contributed by atoms with Gasteiger partial charge in [-0.1, -0.05) is 36.4 Å². The van der Waals surface area contributed by atoms with Gasteiger partial charge in [0.2, 0.25) is 0 Å². The Bertz CT molecular complexity index is 1370. The number of methoxy groups -OCH3 is 1. The summed E-state index contributed by atoms with van der Waals surface area (Å²) in [5.41, 5.74) is 7.17. The molecule has 2 aromatic heterocycles. The maximum absolute atomic E-state index is 5.33. The van der Waals surface area contributed by atoms with Crippen molar-refractivity contribution in [1.82, 2.24) is 9.55 Å². The number of benzene rings is 3. The summed E-state index contributed by atoms with van der Waals surface area (Å²) in [6.45, 7) is 5.22. The molecule has 0 radical (unpaired) electrons. The number of ether oxygens (including phenoxy) is 1. The third-order valence-electron chi connectivity index (χ3n) is 6.06. The number of rotatable bonds is 4. The Morgan fingerprint density at radius 1 is 0.871 bits per heavy atom. The molecule has 4 heteroatoms. The fraction of sp³-hybridized carbons (Fsp3) is 0.148. The lowest BCUT2D eigenvalue weighted by atomic mass is 10.1. The summed E-state index contributed by atoms with van der Waals surface area (Å²) in [4.78, 5) is 4.78. The topological polar surface area (TPSA) is 27.1 Å². The Balaban J connectivity index is 0.00000231. The van der Waals surface area contributed by atoms with Crippen molar-refractivity contribution < 1.29 is 4.74 Å². The molecule has 0 saturated heterocycles. The second kappa shape index (κ2) is 8.44. The molecule has 0 N–H and O–H groups in total. The van der Waals surface area contributed by atoms with E-state index in [1.54, 1.807) is 7.11 Å². The van der Waals surface area contributed by atoms with Crippen molar-refractivity contribution in [1.29, 1.82) is 0 Å². The van der Waals surface area contributed by atoms with Gasteiger partial charge in [-0.25, -0.2) is 0 Å². The number of aryl methyl sites for hydroxylation is 1. The van der Waals surface area contributed by atoms with E-state index in [1.165, 1.54) is 38.5 Å². The molecule has 5 rings (SSSR count). The molecule has 0 aliphatic heterocycles. The molecule has 0 bridgehead atoms. The van der Waals surface area contributed by atoms with Crippen molar-refractivity contribution in [2.45, 2.75) is 20.4 Å². The zero-order valence-corrected chi connectivity index (χ0v) is 18.7. The van der Waals surface area contributed by atoms with E-state index in [0.717, 1.165) is 23.6 Å². The predicted molar refractivity (Wildman–Crippen MR) is 131 cm³/mol. The third kappa shape index (κ3) is 3.66. The highest BCUT2D eigenvalue weighted by Gasteiger charge is 2.17. The van der Waals surface area contributed by atoms with E-state index in [1.807, 2.05) is 18.3 Å². The van der Waals surface area contributed by atoms with Gasteiger partial charge < -0.3 is 9.30 Å². The van der Waals surface area contributed by atoms with Crippen LogP contribution in [0.15, 0.2) is 79.0 Å². The van der Waals surface area contributed by atoms with Crippen LogP contribution in [0.5, 0.6) is 5.75 Å². The molecular formula is C27H25ClN2O. The van der Waals surface area contributed by atoms with E-state index in [4.69, 9.17) is 9.72 Å². The Morgan fingerprint density at radius 3 is 2.35 bits per heavy atom. The van der Waals surface area contributed by atoms with Gasteiger partial charge in [-0.15, -0.1) is 12.4 Å². The first-order valence-corrected chi connectivity index (χ1v) is 10.2. The van der Waals surface area contributed by atoms with Crippen molar-refractivity contribution in [2.75, 3.05) is 7.11 Å². The second-order valence-electron chi connectivity index (χ2n) is 7.76. The third-order valence-corrected chi connectivity index (χ3v) is 6.06. The van der Waals surface area contributed by atoms with Crippen LogP contribution < -0.4 is 4.74 Å².